The third-order valence-electron chi connectivity index (χ3n) is 9.18. The lowest BCUT2D eigenvalue weighted by Gasteiger charge is -2.20. The van der Waals surface area contributed by atoms with Crippen LogP contribution in [0.2, 0.25) is 0 Å². The molecule has 7 N–H and O–H groups in total. The molecule has 0 bridgehead atoms. The van der Waals surface area contributed by atoms with Gasteiger partial charge in [0.25, 0.3) is 29.5 Å². The summed E-state index contributed by atoms with van der Waals surface area (Å²) in [5.74, 6) is 3.93. The normalized spacial score (nSPS) is 10.5. The molecule has 7 aromatic rings. The maximum Gasteiger partial charge on any atom is 0.255 e. The SMILES string of the molecule is NN(Cc1ccccc1)c1cccc(NC(=O)c2cc(C(=O)Nc3cccc(NC(=O)c4ccccc4)c3)cc(C(=O)Nc3cccc(NC(=O)c4ccccc4)c3)c2)c1. The van der Waals surface area contributed by atoms with Crippen LogP contribution >= 0.6 is 0 Å². The topological polar surface area (TPSA) is 175 Å². The largest absolute Gasteiger partial charge is 0.322 e. The number of nitrogens with two attached hydrogens (primary N) is 1. The van der Waals surface area contributed by atoms with Gasteiger partial charge in [0.2, 0.25) is 0 Å². The van der Waals surface area contributed by atoms with E-state index in [-0.39, 0.29) is 28.5 Å². The molecule has 0 saturated heterocycles. The molecule has 0 aliphatic rings. The molecule has 12 nitrogen and oxygen atoms in total. The fraction of sp³-hybridized carbons (Fsp3) is 0.0208. The monoisotopic (exact) mass is 793 g/mol. The third-order valence-corrected chi connectivity index (χ3v) is 9.18. The Morgan fingerprint density at radius 3 is 1.05 bits per heavy atom. The molecule has 0 fully saturated rings. The van der Waals surface area contributed by atoms with E-state index in [9.17, 15) is 24.0 Å². The van der Waals surface area contributed by atoms with Crippen molar-refractivity contribution in [1.82, 2.24) is 0 Å². The van der Waals surface area contributed by atoms with E-state index < -0.39 is 17.7 Å². The lowest BCUT2D eigenvalue weighted by molar-refractivity contribution is 0.101. The van der Waals surface area contributed by atoms with E-state index in [1.54, 1.807) is 120 Å². The maximum absolute atomic E-state index is 13.9. The second kappa shape index (κ2) is 18.7. The van der Waals surface area contributed by atoms with E-state index in [0.717, 1.165) is 5.56 Å². The molecule has 0 heterocycles. The van der Waals surface area contributed by atoms with Crippen LogP contribution in [0.3, 0.4) is 0 Å². The summed E-state index contributed by atoms with van der Waals surface area (Å²) in [7, 11) is 0. The average molecular weight is 794 g/mol. The zero-order valence-electron chi connectivity index (χ0n) is 32.1. The molecule has 7 aromatic carbocycles. The quantitative estimate of drug-likeness (QED) is 0.0500. The van der Waals surface area contributed by atoms with Crippen LogP contribution in [0.4, 0.5) is 34.1 Å². The molecule has 0 saturated carbocycles. The van der Waals surface area contributed by atoms with Crippen LogP contribution < -0.4 is 37.4 Å². The van der Waals surface area contributed by atoms with Gasteiger partial charge in [-0.1, -0.05) is 84.9 Å². The first kappa shape index (κ1) is 39.9. The molecule has 0 aliphatic carbocycles. The number of carbonyl (C=O) groups excluding carboxylic acids is 5. The first-order valence-corrected chi connectivity index (χ1v) is 18.9. The number of amides is 5. The van der Waals surface area contributed by atoms with Gasteiger partial charge in [0.15, 0.2) is 0 Å². The Bertz CT molecular complexity index is 2540. The van der Waals surface area contributed by atoms with Crippen LogP contribution in [0, 0.1) is 0 Å². The third kappa shape index (κ3) is 10.5. The zero-order valence-corrected chi connectivity index (χ0v) is 32.1. The van der Waals surface area contributed by atoms with Crippen LogP contribution in [0.5, 0.6) is 0 Å². The van der Waals surface area contributed by atoms with E-state index in [2.05, 4.69) is 26.6 Å². The number of nitrogens with zero attached hydrogens (tertiary/aromatic N) is 1. The second-order valence-corrected chi connectivity index (χ2v) is 13.6. The predicted molar refractivity (Wildman–Crippen MR) is 235 cm³/mol. The molecule has 0 unspecified atom stereocenters. The highest BCUT2D eigenvalue weighted by atomic mass is 16.2. The van der Waals surface area contributed by atoms with Crippen LogP contribution in [0.25, 0.3) is 0 Å². The highest BCUT2D eigenvalue weighted by Crippen LogP contribution is 2.23. The number of hydrogen-bond acceptors (Lipinski definition) is 7. The maximum atomic E-state index is 13.9. The second-order valence-electron chi connectivity index (χ2n) is 13.6. The fourth-order valence-electron chi connectivity index (χ4n) is 6.20. The molecule has 0 radical (unpaired) electrons. The number of hydrogen-bond donors (Lipinski definition) is 6. The molecular weight excluding hydrogens is 755 g/mol. The molecule has 60 heavy (non-hydrogen) atoms. The summed E-state index contributed by atoms with van der Waals surface area (Å²) in [6.07, 6.45) is 0. The Kier molecular flexibility index (Phi) is 12.4. The molecule has 0 aromatic heterocycles. The first-order valence-electron chi connectivity index (χ1n) is 18.9. The summed E-state index contributed by atoms with van der Waals surface area (Å²) in [6, 6.07) is 51.5. The van der Waals surface area contributed by atoms with Crippen LogP contribution in [-0.2, 0) is 6.54 Å². The molecule has 12 heteroatoms. The van der Waals surface area contributed by atoms with Gasteiger partial charge >= 0.3 is 0 Å². The van der Waals surface area contributed by atoms with E-state index in [1.165, 1.54) is 18.2 Å². The van der Waals surface area contributed by atoms with Crippen molar-refractivity contribution < 1.29 is 24.0 Å². The molecule has 0 atom stereocenters. The standard InChI is InChI=1S/C48H39N7O5/c49-55(31-32-13-4-1-5-14-32)43-24-12-23-42(30-43)54-48(60)37-26-35(46(58)52-40-21-10-19-38(28-40)50-44(56)33-15-6-2-7-16-33)25-36(27-37)47(59)53-41-22-11-20-39(29-41)51-45(57)34-17-8-3-9-18-34/h1-30H,31,49H2,(H,50,56)(H,51,57)(H,52,58)(H,53,59)(H,54,60). The molecule has 5 amide bonds. The Balaban J connectivity index is 1.12. The van der Waals surface area contributed by atoms with E-state index in [1.807, 2.05) is 48.5 Å². The summed E-state index contributed by atoms with van der Waals surface area (Å²) in [4.78, 5) is 67.1. The van der Waals surface area contributed by atoms with Crippen LogP contribution in [0.15, 0.2) is 182 Å². The van der Waals surface area contributed by atoms with Crippen LogP contribution in [-0.4, -0.2) is 29.5 Å². The average Bonchev–Trinajstić information content (AvgIpc) is 3.27. The number of rotatable bonds is 13. The van der Waals surface area contributed by atoms with E-state index in [4.69, 9.17) is 5.84 Å². The molecule has 296 valence electrons. The number of nitrogens with one attached hydrogen (secondary N) is 5. The van der Waals surface area contributed by atoms with Crippen molar-refractivity contribution in [3.63, 3.8) is 0 Å². The van der Waals surface area contributed by atoms with E-state index in [0.29, 0.717) is 51.8 Å². The molecular formula is C48H39N7O5. The number of hydrazine groups is 1. The minimum atomic E-state index is -0.613. The van der Waals surface area contributed by atoms with Crippen molar-refractivity contribution in [2.75, 3.05) is 31.6 Å². The van der Waals surface area contributed by atoms with Crippen molar-refractivity contribution in [2.24, 2.45) is 5.84 Å². The van der Waals surface area contributed by atoms with Crippen molar-refractivity contribution in [1.29, 1.82) is 0 Å². The Hall–Kier alpha value is -8.35. The highest BCUT2D eigenvalue weighted by Gasteiger charge is 2.19. The zero-order chi connectivity index (χ0) is 41.8. The van der Waals surface area contributed by atoms with Crippen molar-refractivity contribution >= 4 is 63.7 Å². The van der Waals surface area contributed by atoms with Crippen LogP contribution in [0.1, 0.15) is 57.4 Å². The van der Waals surface area contributed by atoms with Gasteiger partial charge in [0.1, 0.15) is 0 Å². The Morgan fingerprint density at radius 1 is 0.350 bits per heavy atom. The smallest absolute Gasteiger partial charge is 0.255 e. The lowest BCUT2D eigenvalue weighted by Crippen LogP contribution is -2.30. The Morgan fingerprint density at radius 2 is 0.667 bits per heavy atom. The van der Waals surface area contributed by atoms with Gasteiger partial charge in [-0.15, -0.1) is 0 Å². The van der Waals surface area contributed by atoms with Gasteiger partial charge in [-0.2, -0.15) is 0 Å². The van der Waals surface area contributed by atoms with Gasteiger partial charge < -0.3 is 31.6 Å². The first-order chi connectivity index (χ1) is 29.2. The van der Waals surface area contributed by atoms with Gasteiger partial charge in [0, 0.05) is 56.3 Å². The number of anilines is 6. The minimum absolute atomic E-state index is 0.0140. The molecule has 0 spiro atoms. The fourth-order valence-corrected chi connectivity index (χ4v) is 6.20. The number of carbonyl (C=O) groups is 5. The highest BCUT2D eigenvalue weighted by molar-refractivity contribution is 6.13. The Labute approximate surface area is 346 Å². The van der Waals surface area contributed by atoms with Crippen molar-refractivity contribution in [3.8, 4) is 0 Å². The van der Waals surface area contributed by atoms with Gasteiger partial charge in [-0.25, -0.2) is 5.84 Å². The summed E-state index contributed by atoms with van der Waals surface area (Å²) in [5, 5.41) is 15.7. The molecule has 0 aliphatic heterocycles. The van der Waals surface area contributed by atoms with Gasteiger partial charge in [0.05, 0.1) is 12.2 Å². The molecule has 7 rings (SSSR count). The summed E-state index contributed by atoms with van der Waals surface area (Å²) < 4.78 is 0. The van der Waals surface area contributed by atoms with Gasteiger partial charge in [-0.3, -0.25) is 24.0 Å². The van der Waals surface area contributed by atoms with Crippen molar-refractivity contribution in [3.05, 3.63) is 215 Å². The number of benzene rings is 7. The lowest BCUT2D eigenvalue weighted by atomic mass is 10.0. The minimum Gasteiger partial charge on any atom is -0.322 e. The van der Waals surface area contributed by atoms with Crippen molar-refractivity contribution in [2.45, 2.75) is 6.54 Å². The van der Waals surface area contributed by atoms with E-state index >= 15 is 0 Å². The summed E-state index contributed by atoms with van der Waals surface area (Å²) >= 11 is 0. The van der Waals surface area contributed by atoms with Gasteiger partial charge in [-0.05, 0) is 103 Å². The predicted octanol–water partition coefficient (Wildman–Crippen LogP) is 8.83. The summed E-state index contributed by atoms with van der Waals surface area (Å²) in [5.41, 5.74) is 4.69. The summed E-state index contributed by atoms with van der Waals surface area (Å²) in [6.45, 7) is 0.429.